The van der Waals surface area contributed by atoms with Gasteiger partial charge in [-0.05, 0) is 42.3 Å². The van der Waals surface area contributed by atoms with E-state index < -0.39 is 10.0 Å². The van der Waals surface area contributed by atoms with Crippen LogP contribution < -0.4 is 10.1 Å². The normalized spacial score (nSPS) is 16.3. The van der Waals surface area contributed by atoms with E-state index in [-0.39, 0.29) is 10.9 Å². The number of anilines is 1. The van der Waals surface area contributed by atoms with Crippen molar-refractivity contribution in [2.24, 2.45) is 10.2 Å². The Bertz CT molecular complexity index is 1290. The molecule has 1 aliphatic rings. The van der Waals surface area contributed by atoms with Crippen LogP contribution in [0.3, 0.4) is 0 Å². The number of nitrogens with two attached hydrogens (primary N) is 1. The molecule has 0 amide bonds. The number of hydrazone groups is 1. The first-order valence-corrected chi connectivity index (χ1v) is 13.0. The first-order valence-electron chi connectivity index (χ1n) is 10.4. The second-order valence-corrected chi connectivity index (χ2v) is 10.6. The maximum atomic E-state index is 11.6. The first kappa shape index (κ1) is 24.0. The van der Waals surface area contributed by atoms with Crippen LogP contribution in [0.1, 0.15) is 49.3 Å². The Hall–Kier alpha value is -2.10. The minimum absolute atomic E-state index is 0.0389. The van der Waals surface area contributed by atoms with Crippen LogP contribution in [-0.2, 0) is 16.4 Å². The Morgan fingerprint density at radius 2 is 1.79 bits per heavy atom. The lowest BCUT2D eigenvalue weighted by molar-refractivity contribution is 0.598. The van der Waals surface area contributed by atoms with Crippen molar-refractivity contribution >= 4 is 56.2 Å². The number of nitrogens with one attached hydrogen (secondary N) is 1. The molecule has 1 atom stereocenters. The summed E-state index contributed by atoms with van der Waals surface area (Å²) in [6.07, 6.45) is 3.36. The lowest BCUT2D eigenvalue weighted by Crippen LogP contribution is -2.19. The van der Waals surface area contributed by atoms with Crippen molar-refractivity contribution in [3.05, 3.63) is 74.7 Å². The van der Waals surface area contributed by atoms with Crippen molar-refractivity contribution in [3.8, 4) is 0 Å². The summed E-state index contributed by atoms with van der Waals surface area (Å²) in [4.78, 5) is 7.90. The molecule has 4 rings (SSSR count). The van der Waals surface area contributed by atoms with Crippen LogP contribution in [-0.4, -0.2) is 24.1 Å². The molecule has 174 valence electrons. The number of primary sulfonamides is 1. The van der Waals surface area contributed by atoms with Crippen molar-refractivity contribution in [3.63, 3.8) is 0 Å². The van der Waals surface area contributed by atoms with Crippen molar-refractivity contribution in [1.82, 2.24) is 9.97 Å². The van der Waals surface area contributed by atoms with Gasteiger partial charge >= 0.3 is 0 Å². The molecule has 33 heavy (non-hydrogen) atoms. The van der Waals surface area contributed by atoms with E-state index in [9.17, 15) is 8.42 Å². The maximum Gasteiger partial charge on any atom is 0.238 e. The molecule has 0 saturated heterocycles. The first-order chi connectivity index (χ1) is 15.7. The topological polar surface area (TPSA) is 104 Å². The maximum absolute atomic E-state index is 11.6. The summed E-state index contributed by atoms with van der Waals surface area (Å²) in [7, 11) is -3.78. The van der Waals surface area contributed by atoms with E-state index in [2.05, 4.69) is 16.9 Å². The number of aromatic nitrogens is 2. The lowest BCUT2D eigenvalue weighted by Gasteiger charge is -2.23. The fourth-order valence-corrected chi connectivity index (χ4v) is 5.06. The van der Waals surface area contributed by atoms with E-state index in [0.29, 0.717) is 27.3 Å². The number of unbranched alkanes of at least 4 members (excludes halogenated alkanes) is 1. The molecule has 11 heteroatoms. The smallest absolute Gasteiger partial charge is 0.238 e. The summed E-state index contributed by atoms with van der Waals surface area (Å²) in [5, 5.41) is 13.2. The number of hydrogen-bond acceptors (Lipinski definition) is 5. The number of imidazole rings is 1. The van der Waals surface area contributed by atoms with Crippen LogP contribution in [0.5, 0.6) is 0 Å². The van der Waals surface area contributed by atoms with Gasteiger partial charge in [0.25, 0.3) is 0 Å². The summed E-state index contributed by atoms with van der Waals surface area (Å²) in [5.74, 6) is 0.826. The molecule has 3 aromatic rings. The fraction of sp³-hybridized carbons (Fsp3) is 0.273. The number of aromatic amines is 1. The van der Waals surface area contributed by atoms with E-state index in [0.717, 1.165) is 42.1 Å². The molecule has 0 aliphatic carbocycles. The molecular weight excluding hydrogens is 505 g/mol. The monoisotopic (exact) mass is 525 g/mol. The SMILES string of the molecule is CCCCc1nc(Cl)c(C2CC(c3ccc(S(N)(=O)=O)cc3)=NN2c2cc(Cl)cc(Cl)c2)[nH]1. The molecule has 0 fully saturated rings. The highest BCUT2D eigenvalue weighted by molar-refractivity contribution is 7.89. The molecule has 0 spiro atoms. The molecule has 1 aromatic heterocycles. The predicted molar refractivity (Wildman–Crippen MR) is 133 cm³/mol. The highest BCUT2D eigenvalue weighted by Crippen LogP contribution is 2.40. The summed E-state index contributed by atoms with van der Waals surface area (Å²) in [6.45, 7) is 2.12. The van der Waals surface area contributed by atoms with Gasteiger partial charge in [0.15, 0.2) is 5.15 Å². The number of sulfonamides is 1. The van der Waals surface area contributed by atoms with Gasteiger partial charge < -0.3 is 4.98 Å². The largest absolute Gasteiger partial charge is 0.343 e. The fourth-order valence-electron chi connectivity index (χ4n) is 3.75. The van der Waals surface area contributed by atoms with Crippen molar-refractivity contribution in [2.75, 3.05) is 5.01 Å². The highest BCUT2D eigenvalue weighted by atomic mass is 35.5. The van der Waals surface area contributed by atoms with E-state index in [1.807, 2.05) is 5.01 Å². The molecule has 0 radical (unpaired) electrons. The zero-order valence-electron chi connectivity index (χ0n) is 17.7. The predicted octanol–water partition coefficient (Wildman–Crippen LogP) is 5.72. The molecule has 7 nitrogen and oxygen atoms in total. The average Bonchev–Trinajstić information content (AvgIpc) is 3.34. The van der Waals surface area contributed by atoms with Crippen molar-refractivity contribution < 1.29 is 8.42 Å². The zero-order valence-corrected chi connectivity index (χ0v) is 20.8. The highest BCUT2D eigenvalue weighted by Gasteiger charge is 2.33. The van der Waals surface area contributed by atoms with Crippen molar-refractivity contribution in [2.45, 2.75) is 43.5 Å². The van der Waals surface area contributed by atoms with Gasteiger partial charge in [0.05, 0.1) is 22.0 Å². The van der Waals surface area contributed by atoms with Gasteiger partial charge in [-0.3, -0.25) is 5.01 Å². The average molecular weight is 527 g/mol. The van der Waals surface area contributed by atoms with Gasteiger partial charge in [0.1, 0.15) is 11.9 Å². The van der Waals surface area contributed by atoms with Gasteiger partial charge in [0, 0.05) is 22.9 Å². The summed E-state index contributed by atoms with van der Waals surface area (Å²) in [6, 6.07) is 11.2. The third-order valence-corrected chi connectivity index (χ3v) is 7.03. The third-order valence-electron chi connectivity index (χ3n) is 5.37. The second kappa shape index (κ2) is 9.64. The van der Waals surface area contributed by atoms with Gasteiger partial charge in [-0.15, -0.1) is 0 Å². The molecule has 0 bridgehead atoms. The van der Waals surface area contributed by atoms with Gasteiger partial charge in [0.2, 0.25) is 10.0 Å². The van der Waals surface area contributed by atoms with E-state index in [4.69, 9.17) is 45.0 Å². The van der Waals surface area contributed by atoms with Gasteiger partial charge in [-0.25, -0.2) is 18.5 Å². The molecule has 0 saturated carbocycles. The molecule has 3 N–H and O–H groups in total. The number of aryl methyl sites for hydroxylation is 1. The zero-order chi connectivity index (χ0) is 23.8. The van der Waals surface area contributed by atoms with E-state index in [1.54, 1.807) is 30.3 Å². The second-order valence-electron chi connectivity index (χ2n) is 7.80. The van der Waals surface area contributed by atoms with Crippen LogP contribution in [0.4, 0.5) is 5.69 Å². The van der Waals surface area contributed by atoms with Crippen LogP contribution in [0.25, 0.3) is 0 Å². The third kappa shape index (κ3) is 5.36. The molecule has 1 aliphatic heterocycles. The molecule has 2 heterocycles. The molecule has 1 unspecified atom stereocenters. The van der Waals surface area contributed by atoms with Gasteiger partial charge in [-0.1, -0.05) is 60.3 Å². The number of hydrogen-bond donors (Lipinski definition) is 2. The number of nitrogens with zero attached hydrogens (tertiary/aromatic N) is 3. The summed E-state index contributed by atoms with van der Waals surface area (Å²) < 4.78 is 23.2. The van der Waals surface area contributed by atoms with Crippen LogP contribution in [0, 0.1) is 0 Å². The number of rotatable bonds is 7. The van der Waals surface area contributed by atoms with E-state index >= 15 is 0 Å². The minimum atomic E-state index is -3.78. The molecular formula is C22H22Cl3N5O2S. The molecule has 2 aromatic carbocycles. The quantitative estimate of drug-likeness (QED) is 0.411. The van der Waals surface area contributed by atoms with Crippen LogP contribution in [0.15, 0.2) is 52.5 Å². The number of benzene rings is 2. The standard InChI is InChI=1S/C22H22Cl3N5O2S/c1-2-3-4-20-27-21(22(25)28-20)19-12-18(13-5-7-17(8-6-13)33(26,31)32)29-30(19)16-10-14(23)9-15(24)11-16/h5-11,19H,2-4,12H2,1H3,(H,27,28)(H2,26,31,32). The summed E-state index contributed by atoms with van der Waals surface area (Å²) in [5.41, 5.74) is 2.97. The number of halogens is 3. The Morgan fingerprint density at radius 1 is 1.12 bits per heavy atom. The van der Waals surface area contributed by atoms with E-state index in [1.165, 1.54) is 12.1 Å². The van der Waals surface area contributed by atoms with Crippen LogP contribution >= 0.6 is 34.8 Å². The number of H-pyrrole nitrogens is 1. The Balaban J connectivity index is 1.74. The Kier molecular flexibility index (Phi) is 7.02. The van der Waals surface area contributed by atoms with Crippen LogP contribution in [0.2, 0.25) is 15.2 Å². The minimum Gasteiger partial charge on any atom is -0.343 e. The lowest BCUT2D eigenvalue weighted by atomic mass is 10.0. The Morgan fingerprint density at radius 3 is 2.39 bits per heavy atom. The van der Waals surface area contributed by atoms with Gasteiger partial charge in [-0.2, -0.15) is 5.10 Å². The Labute approximate surface area is 207 Å². The summed E-state index contributed by atoms with van der Waals surface area (Å²) >= 11 is 19.0. The van der Waals surface area contributed by atoms with Crippen molar-refractivity contribution in [1.29, 1.82) is 0 Å².